The van der Waals surface area contributed by atoms with Crippen LogP contribution in [0.1, 0.15) is 5.56 Å². The van der Waals surface area contributed by atoms with Crippen LogP contribution >= 0.6 is 11.6 Å². The summed E-state index contributed by atoms with van der Waals surface area (Å²) in [6.45, 7) is 0.588. The van der Waals surface area contributed by atoms with Gasteiger partial charge < -0.3 is 5.32 Å². The third kappa shape index (κ3) is 3.66. The van der Waals surface area contributed by atoms with Gasteiger partial charge in [0.1, 0.15) is 5.69 Å². The van der Waals surface area contributed by atoms with Crippen LogP contribution in [-0.4, -0.2) is 16.5 Å². The highest BCUT2D eigenvalue weighted by Crippen LogP contribution is 2.27. The van der Waals surface area contributed by atoms with E-state index in [1.54, 1.807) is 18.5 Å². The number of aromatic nitrogens is 1. The fourth-order valence-corrected chi connectivity index (χ4v) is 1.87. The molecule has 1 aromatic heterocycles. The van der Waals surface area contributed by atoms with Gasteiger partial charge in [-0.1, -0.05) is 11.6 Å². The molecular formula is C13H12ClN3O2. The molecule has 0 fully saturated rings. The largest absolute Gasteiger partial charge is 0.379 e. The van der Waals surface area contributed by atoms with Crippen LogP contribution in [0.5, 0.6) is 0 Å². The van der Waals surface area contributed by atoms with Crippen LogP contribution in [-0.2, 0) is 6.42 Å². The second-order valence-electron chi connectivity index (χ2n) is 3.95. The molecule has 2 aromatic rings. The first kappa shape index (κ1) is 13.3. The van der Waals surface area contributed by atoms with Crippen LogP contribution in [0.2, 0.25) is 5.02 Å². The van der Waals surface area contributed by atoms with Crippen molar-refractivity contribution in [2.75, 3.05) is 11.9 Å². The van der Waals surface area contributed by atoms with E-state index in [-0.39, 0.29) is 5.69 Å². The second-order valence-corrected chi connectivity index (χ2v) is 4.39. The summed E-state index contributed by atoms with van der Waals surface area (Å²) in [6, 6.07) is 8.29. The van der Waals surface area contributed by atoms with Crippen molar-refractivity contribution in [3.05, 3.63) is 63.4 Å². The molecule has 0 radical (unpaired) electrons. The lowest BCUT2D eigenvalue weighted by atomic mass is 10.2. The number of halogens is 1. The van der Waals surface area contributed by atoms with Gasteiger partial charge in [-0.05, 0) is 36.2 Å². The molecule has 0 bridgehead atoms. The van der Waals surface area contributed by atoms with E-state index in [0.29, 0.717) is 17.3 Å². The number of nitrogens with zero attached hydrogens (tertiary/aromatic N) is 2. The summed E-state index contributed by atoms with van der Waals surface area (Å²) in [4.78, 5) is 14.4. The molecule has 0 aliphatic carbocycles. The zero-order chi connectivity index (χ0) is 13.7. The van der Waals surface area contributed by atoms with Crippen LogP contribution in [0.4, 0.5) is 11.4 Å². The molecule has 0 saturated carbocycles. The molecule has 1 aromatic carbocycles. The molecule has 19 heavy (non-hydrogen) atoms. The Labute approximate surface area is 115 Å². The van der Waals surface area contributed by atoms with Crippen molar-refractivity contribution >= 4 is 23.0 Å². The summed E-state index contributed by atoms with van der Waals surface area (Å²) in [5.41, 5.74) is 1.58. The van der Waals surface area contributed by atoms with Crippen molar-refractivity contribution in [1.29, 1.82) is 0 Å². The summed E-state index contributed by atoms with van der Waals surface area (Å²) < 4.78 is 0. The molecule has 0 atom stereocenters. The van der Waals surface area contributed by atoms with E-state index in [0.717, 1.165) is 12.0 Å². The van der Waals surface area contributed by atoms with E-state index in [2.05, 4.69) is 10.3 Å². The zero-order valence-electron chi connectivity index (χ0n) is 10.0. The number of hydrogen-bond acceptors (Lipinski definition) is 4. The van der Waals surface area contributed by atoms with Crippen LogP contribution in [0.15, 0.2) is 42.7 Å². The lowest BCUT2D eigenvalue weighted by Crippen LogP contribution is -2.06. The molecule has 6 heteroatoms. The Kier molecular flexibility index (Phi) is 4.30. The van der Waals surface area contributed by atoms with E-state index in [1.807, 2.05) is 12.1 Å². The summed E-state index contributed by atoms with van der Waals surface area (Å²) >= 11 is 5.85. The van der Waals surface area contributed by atoms with Gasteiger partial charge in [0.25, 0.3) is 5.69 Å². The Morgan fingerprint density at radius 3 is 2.68 bits per heavy atom. The highest BCUT2D eigenvalue weighted by Gasteiger charge is 2.13. The topological polar surface area (TPSA) is 68.1 Å². The number of pyridine rings is 1. The lowest BCUT2D eigenvalue weighted by molar-refractivity contribution is -0.384. The quantitative estimate of drug-likeness (QED) is 0.672. The van der Waals surface area contributed by atoms with Gasteiger partial charge in [0.2, 0.25) is 0 Å². The third-order valence-electron chi connectivity index (χ3n) is 2.63. The summed E-state index contributed by atoms with van der Waals surface area (Å²) in [5.74, 6) is 0. The van der Waals surface area contributed by atoms with Gasteiger partial charge in [-0.3, -0.25) is 15.1 Å². The average Bonchev–Trinajstić information content (AvgIpc) is 2.39. The maximum atomic E-state index is 10.9. The molecule has 1 heterocycles. The van der Waals surface area contributed by atoms with Crippen molar-refractivity contribution in [3.63, 3.8) is 0 Å². The van der Waals surface area contributed by atoms with Gasteiger partial charge >= 0.3 is 0 Å². The SMILES string of the molecule is O=[N+]([O-])c1ccc(Cl)cc1NCCc1ccncc1. The van der Waals surface area contributed by atoms with Crippen LogP contribution < -0.4 is 5.32 Å². The third-order valence-corrected chi connectivity index (χ3v) is 2.87. The molecule has 0 amide bonds. The fraction of sp³-hybridized carbons (Fsp3) is 0.154. The monoisotopic (exact) mass is 277 g/mol. The van der Waals surface area contributed by atoms with Gasteiger partial charge in [-0.15, -0.1) is 0 Å². The van der Waals surface area contributed by atoms with E-state index in [9.17, 15) is 10.1 Å². The first-order chi connectivity index (χ1) is 9.16. The van der Waals surface area contributed by atoms with Crippen molar-refractivity contribution in [2.24, 2.45) is 0 Å². The normalized spacial score (nSPS) is 10.2. The van der Waals surface area contributed by atoms with Crippen molar-refractivity contribution in [3.8, 4) is 0 Å². The van der Waals surface area contributed by atoms with E-state index >= 15 is 0 Å². The van der Waals surface area contributed by atoms with Gasteiger partial charge in [0, 0.05) is 30.0 Å². The molecule has 0 aliphatic rings. The van der Waals surface area contributed by atoms with E-state index in [4.69, 9.17) is 11.6 Å². The molecule has 0 spiro atoms. The van der Waals surface area contributed by atoms with Crippen molar-refractivity contribution in [2.45, 2.75) is 6.42 Å². The Bertz CT molecular complexity index is 575. The molecule has 2 rings (SSSR count). The number of nitro benzene ring substituents is 1. The van der Waals surface area contributed by atoms with Gasteiger partial charge in [0.15, 0.2) is 0 Å². The number of anilines is 1. The first-order valence-corrected chi connectivity index (χ1v) is 6.11. The second kappa shape index (κ2) is 6.15. The maximum Gasteiger partial charge on any atom is 0.292 e. The van der Waals surface area contributed by atoms with Crippen LogP contribution in [0.25, 0.3) is 0 Å². The standard InChI is InChI=1S/C13H12ClN3O2/c14-11-1-2-13(17(18)19)12(9-11)16-8-5-10-3-6-15-7-4-10/h1-4,6-7,9,16H,5,8H2. The number of nitro groups is 1. The first-order valence-electron chi connectivity index (χ1n) is 5.73. The minimum atomic E-state index is -0.425. The highest BCUT2D eigenvalue weighted by molar-refractivity contribution is 6.31. The Morgan fingerprint density at radius 2 is 2.00 bits per heavy atom. The predicted molar refractivity (Wildman–Crippen MR) is 74.5 cm³/mol. The van der Waals surface area contributed by atoms with Crippen LogP contribution in [0, 0.1) is 10.1 Å². The molecule has 1 N–H and O–H groups in total. The molecule has 0 saturated heterocycles. The highest BCUT2D eigenvalue weighted by atomic mass is 35.5. The Hall–Kier alpha value is -2.14. The Morgan fingerprint density at radius 1 is 1.26 bits per heavy atom. The van der Waals surface area contributed by atoms with Crippen molar-refractivity contribution in [1.82, 2.24) is 4.98 Å². The van der Waals surface area contributed by atoms with Gasteiger partial charge in [-0.25, -0.2) is 0 Å². The van der Waals surface area contributed by atoms with Gasteiger partial charge in [0.05, 0.1) is 4.92 Å². The van der Waals surface area contributed by atoms with E-state index < -0.39 is 4.92 Å². The minimum absolute atomic E-state index is 0.0270. The predicted octanol–water partition coefficient (Wildman–Crippen LogP) is 3.30. The number of benzene rings is 1. The molecule has 0 aliphatic heterocycles. The van der Waals surface area contributed by atoms with E-state index in [1.165, 1.54) is 12.1 Å². The molecular weight excluding hydrogens is 266 g/mol. The summed E-state index contributed by atoms with van der Waals surface area (Å²) in [6.07, 6.45) is 4.19. The lowest BCUT2D eigenvalue weighted by Gasteiger charge is -2.07. The van der Waals surface area contributed by atoms with Crippen molar-refractivity contribution < 1.29 is 4.92 Å². The number of rotatable bonds is 5. The number of hydrogen-bond donors (Lipinski definition) is 1. The smallest absolute Gasteiger partial charge is 0.292 e. The molecule has 0 unspecified atom stereocenters. The average molecular weight is 278 g/mol. The summed E-state index contributed by atoms with van der Waals surface area (Å²) in [5, 5.41) is 14.4. The zero-order valence-corrected chi connectivity index (χ0v) is 10.8. The Balaban J connectivity index is 2.03. The fourth-order valence-electron chi connectivity index (χ4n) is 1.70. The molecule has 98 valence electrons. The maximum absolute atomic E-state index is 10.9. The number of nitrogens with one attached hydrogen (secondary N) is 1. The van der Waals surface area contributed by atoms with Gasteiger partial charge in [-0.2, -0.15) is 0 Å². The van der Waals surface area contributed by atoms with Crippen LogP contribution in [0.3, 0.4) is 0 Å². The minimum Gasteiger partial charge on any atom is -0.379 e. The molecule has 5 nitrogen and oxygen atoms in total. The summed E-state index contributed by atoms with van der Waals surface area (Å²) in [7, 11) is 0.